The fraction of sp³-hybridized carbons (Fsp3) is 0.452. The lowest BCUT2D eigenvalue weighted by atomic mass is 9.80. The van der Waals surface area contributed by atoms with Crippen molar-refractivity contribution in [3.63, 3.8) is 0 Å². The van der Waals surface area contributed by atoms with Crippen LogP contribution in [0.15, 0.2) is 95.9 Å². The molecule has 0 spiro atoms. The Labute approximate surface area is 324 Å². The van der Waals surface area contributed by atoms with Crippen molar-refractivity contribution >= 4 is 20.2 Å². The zero-order valence-corrected chi connectivity index (χ0v) is 33.0. The topological polar surface area (TPSA) is 117 Å². The summed E-state index contributed by atoms with van der Waals surface area (Å²) in [5, 5.41) is 2.73. The molecule has 4 heterocycles. The summed E-state index contributed by atoms with van der Waals surface area (Å²) in [6.07, 6.45) is 5.09. The summed E-state index contributed by atoms with van der Waals surface area (Å²) in [5.74, 6) is 1.23. The predicted molar refractivity (Wildman–Crippen MR) is 212 cm³/mol. The SMILES string of the molecule is COc1ccc(C(OC[C@H]2O[C@@H](n3ccc(NC(=O)C(C)C)nc3=O)C[C@@H]2OP(N2CCCC2)N2CCCC2)(c2ccccc2)c2ccc(OC)cc2)cc1. The number of carbonyl (C=O) groups is 1. The molecule has 1 N–H and O–H groups in total. The van der Waals surface area contributed by atoms with Gasteiger partial charge < -0.3 is 28.8 Å². The van der Waals surface area contributed by atoms with Crippen LogP contribution in [0.1, 0.15) is 68.9 Å². The molecule has 12 nitrogen and oxygen atoms in total. The molecule has 1 amide bonds. The third-order valence-corrected chi connectivity index (χ3v) is 12.8. The summed E-state index contributed by atoms with van der Waals surface area (Å²) in [5.41, 5.74) is 1.19. The van der Waals surface area contributed by atoms with Crippen LogP contribution >= 0.6 is 8.45 Å². The second-order valence-corrected chi connectivity index (χ2v) is 16.4. The highest BCUT2D eigenvalue weighted by Crippen LogP contribution is 2.52. The molecule has 0 aliphatic carbocycles. The number of hydrogen-bond acceptors (Lipinski definition) is 10. The van der Waals surface area contributed by atoms with E-state index in [0.717, 1.165) is 80.1 Å². The lowest BCUT2D eigenvalue weighted by Gasteiger charge is -2.38. The second-order valence-electron chi connectivity index (χ2n) is 14.5. The second kappa shape index (κ2) is 17.7. The van der Waals surface area contributed by atoms with Crippen molar-refractivity contribution < 1.29 is 28.3 Å². The molecule has 55 heavy (non-hydrogen) atoms. The quantitative estimate of drug-likeness (QED) is 0.101. The molecular formula is C42H52N5O7P. The van der Waals surface area contributed by atoms with Crippen molar-refractivity contribution in [2.24, 2.45) is 5.92 Å². The van der Waals surface area contributed by atoms with Crippen molar-refractivity contribution in [2.75, 3.05) is 52.3 Å². The minimum atomic E-state index is -1.06. The Hall–Kier alpha value is -4.16. The first-order valence-electron chi connectivity index (χ1n) is 19.3. The van der Waals surface area contributed by atoms with Gasteiger partial charge in [-0.2, -0.15) is 4.98 Å². The van der Waals surface area contributed by atoms with Crippen molar-refractivity contribution in [2.45, 2.75) is 70.0 Å². The van der Waals surface area contributed by atoms with Gasteiger partial charge >= 0.3 is 5.69 Å². The van der Waals surface area contributed by atoms with Crippen molar-refractivity contribution in [1.29, 1.82) is 0 Å². The van der Waals surface area contributed by atoms with Gasteiger partial charge in [0.2, 0.25) is 5.91 Å². The Morgan fingerprint density at radius 1 is 0.836 bits per heavy atom. The average Bonchev–Trinajstić information content (AvgIpc) is 4.02. The summed E-state index contributed by atoms with van der Waals surface area (Å²) >= 11 is 0. The highest BCUT2D eigenvalue weighted by atomic mass is 31.2. The summed E-state index contributed by atoms with van der Waals surface area (Å²) in [6, 6.07) is 27.7. The molecule has 0 radical (unpaired) electrons. The molecular weight excluding hydrogens is 717 g/mol. The zero-order valence-electron chi connectivity index (χ0n) is 32.1. The number of ether oxygens (including phenoxy) is 4. The van der Waals surface area contributed by atoms with E-state index in [0.29, 0.717) is 6.42 Å². The Bertz CT molecular complexity index is 1850. The molecule has 3 saturated heterocycles. The summed E-state index contributed by atoms with van der Waals surface area (Å²) in [6.45, 7) is 7.74. The predicted octanol–water partition coefficient (Wildman–Crippen LogP) is 6.95. The first kappa shape index (κ1) is 39.1. The van der Waals surface area contributed by atoms with E-state index in [4.69, 9.17) is 23.5 Å². The van der Waals surface area contributed by atoms with Crippen LogP contribution in [0.2, 0.25) is 0 Å². The number of nitrogens with zero attached hydrogens (tertiary/aromatic N) is 4. The Morgan fingerprint density at radius 3 is 1.89 bits per heavy atom. The van der Waals surface area contributed by atoms with E-state index in [1.807, 2.05) is 66.7 Å². The van der Waals surface area contributed by atoms with Gasteiger partial charge in [-0.3, -0.25) is 9.36 Å². The van der Waals surface area contributed by atoms with Crippen LogP contribution in [0.4, 0.5) is 5.82 Å². The number of aromatic nitrogens is 2. The van der Waals surface area contributed by atoms with Crippen molar-refractivity contribution in [1.82, 2.24) is 18.9 Å². The number of rotatable bonds is 15. The van der Waals surface area contributed by atoms with E-state index < -0.39 is 32.1 Å². The standard InChI is InChI=1S/C42H52N5O7P/c1-30(2)40(48)43-38-22-27-47(41(49)44-38)39-28-36(54-55(45-23-8-9-24-45)46-25-10-11-26-46)37(53-39)29-52-42(31-12-6-5-7-13-31,32-14-18-34(50-3)19-15-32)33-16-20-35(51-4)21-17-33/h5-7,12-22,27,30,36-37,39H,8-11,23-26,28-29H2,1-4H3,(H,43,44,48,49)/t36-,37+,39+/m0/s1. The first-order valence-corrected chi connectivity index (χ1v) is 20.5. The van der Waals surface area contributed by atoms with Crippen LogP contribution in [0.25, 0.3) is 0 Å². The van der Waals surface area contributed by atoms with Gasteiger partial charge in [-0.25, -0.2) is 14.1 Å². The minimum Gasteiger partial charge on any atom is -0.497 e. The van der Waals surface area contributed by atoms with Crippen LogP contribution in [-0.4, -0.2) is 84.0 Å². The molecule has 3 aliphatic heterocycles. The third kappa shape index (κ3) is 8.65. The highest BCUT2D eigenvalue weighted by Gasteiger charge is 2.45. The van der Waals surface area contributed by atoms with Gasteiger partial charge in [0.05, 0.1) is 26.9 Å². The molecule has 7 rings (SSSR count). The molecule has 3 aliphatic rings. The van der Waals surface area contributed by atoms with E-state index in [1.54, 1.807) is 40.3 Å². The van der Waals surface area contributed by atoms with Crippen molar-refractivity contribution in [3.05, 3.63) is 118 Å². The maximum Gasteiger partial charge on any atom is 0.351 e. The Balaban J connectivity index is 1.26. The van der Waals surface area contributed by atoms with E-state index in [1.165, 1.54) is 4.57 Å². The lowest BCUT2D eigenvalue weighted by Crippen LogP contribution is -2.39. The molecule has 13 heteroatoms. The fourth-order valence-corrected chi connectivity index (χ4v) is 9.90. The number of carbonyl (C=O) groups excluding carboxylic acids is 1. The summed E-state index contributed by atoms with van der Waals surface area (Å²) in [4.78, 5) is 30.1. The van der Waals surface area contributed by atoms with Gasteiger partial charge in [-0.15, -0.1) is 0 Å². The molecule has 1 aromatic heterocycles. The van der Waals surface area contributed by atoms with E-state index in [9.17, 15) is 9.59 Å². The van der Waals surface area contributed by atoms with Gasteiger partial charge in [0, 0.05) is 44.7 Å². The molecule has 3 aromatic carbocycles. The first-order chi connectivity index (χ1) is 26.8. The van der Waals surface area contributed by atoms with Crippen LogP contribution in [-0.2, 0) is 24.4 Å². The number of benzene rings is 3. The van der Waals surface area contributed by atoms with Gasteiger partial charge in [0.15, 0.2) is 8.45 Å². The highest BCUT2D eigenvalue weighted by molar-refractivity contribution is 7.47. The Morgan fingerprint density at radius 2 is 1.38 bits per heavy atom. The molecule has 0 unspecified atom stereocenters. The third-order valence-electron chi connectivity index (χ3n) is 10.6. The smallest absolute Gasteiger partial charge is 0.351 e. The van der Waals surface area contributed by atoms with E-state index in [2.05, 4.69) is 31.8 Å². The number of anilines is 1. The number of amides is 1. The Kier molecular flexibility index (Phi) is 12.6. The van der Waals surface area contributed by atoms with Crippen LogP contribution in [0.3, 0.4) is 0 Å². The zero-order chi connectivity index (χ0) is 38.4. The average molecular weight is 770 g/mol. The number of methoxy groups -OCH3 is 2. The van der Waals surface area contributed by atoms with E-state index >= 15 is 0 Å². The van der Waals surface area contributed by atoms with Crippen LogP contribution in [0, 0.1) is 5.92 Å². The van der Waals surface area contributed by atoms with Crippen molar-refractivity contribution in [3.8, 4) is 11.5 Å². The number of nitrogens with one attached hydrogen (secondary N) is 1. The molecule has 0 bridgehead atoms. The van der Waals surface area contributed by atoms with E-state index in [-0.39, 0.29) is 30.4 Å². The molecule has 4 aromatic rings. The normalized spacial score (nSPS) is 20.7. The lowest BCUT2D eigenvalue weighted by molar-refractivity contribution is -0.118. The number of hydrogen-bond donors (Lipinski definition) is 1. The van der Waals surface area contributed by atoms with Crippen LogP contribution < -0.4 is 20.5 Å². The van der Waals surface area contributed by atoms with Gasteiger partial charge in [0.1, 0.15) is 35.2 Å². The summed E-state index contributed by atoms with van der Waals surface area (Å²) < 4.78 is 38.9. The molecule has 3 atom stereocenters. The minimum absolute atomic E-state index is 0.155. The fourth-order valence-electron chi connectivity index (χ4n) is 7.56. The van der Waals surface area contributed by atoms with Gasteiger partial charge in [-0.05, 0) is 72.7 Å². The van der Waals surface area contributed by atoms with Gasteiger partial charge in [0.25, 0.3) is 0 Å². The van der Waals surface area contributed by atoms with Crippen LogP contribution in [0.5, 0.6) is 11.5 Å². The summed E-state index contributed by atoms with van der Waals surface area (Å²) in [7, 11) is 2.26. The molecule has 0 saturated carbocycles. The largest absolute Gasteiger partial charge is 0.497 e. The van der Waals surface area contributed by atoms with Gasteiger partial charge in [-0.1, -0.05) is 68.4 Å². The molecule has 3 fully saturated rings. The monoisotopic (exact) mass is 769 g/mol. The maximum absolute atomic E-state index is 13.5. The maximum atomic E-state index is 13.5. The molecule has 292 valence electrons.